The summed E-state index contributed by atoms with van der Waals surface area (Å²) < 4.78 is 6.48. The minimum atomic E-state index is -0.732. The van der Waals surface area contributed by atoms with Crippen molar-refractivity contribution in [1.29, 1.82) is 0 Å². The molecule has 0 saturated carbocycles. The van der Waals surface area contributed by atoms with Crippen molar-refractivity contribution in [2.75, 3.05) is 7.11 Å². The van der Waals surface area contributed by atoms with Crippen molar-refractivity contribution in [3.05, 3.63) is 29.7 Å². The molecule has 2 aromatic rings. The van der Waals surface area contributed by atoms with Gasteiger partial charge in [-0.2, -0.15) is 5.10 Å². The summed E-state index contributed by atoms with van der Waals surface area (Å²) in [6.45, 7) is 6.00. The maximum absolute atomic E-state index is 11.6. The van der Waals surface area contributed by atoms with Crippen LogP contribution >= 0.6 is 0 Å². The summed E-state index contributed by atoms with van der Waals surface area (Å²) in [4.78, 5) is 15.9. The number of ether oxygens (including phenoxy) is 1. The molecule has 2 aromatic heterocycles. The monoisotopic (exact) mass is 262 g/mol. The summed E-state index contributed by atoms with van der Waals surface area (Å²) in [6.07, 6.45) is 3.67. The molecular weight excluding hydrogens is 244 g/mol. The van der Waals surface area contributed by atoms with Gasteiger partial charge in [-0.25, -0.2) is 9.50 Å². The smallest absolute Gasteiger partial charge is 0.325 e. The molecule has 0 fully saturated rings. The maximum atomic E-state index is 11.6. The summed E-state index contributed by atoms with van der Waals surface area (Å²) in [6, 6.07) is 1.91. The number of aromatic nitrogens is 3. The predicted octanol–water partition coefficient (Wildman–Crippen LogP) is 1.08. The van der Waals surface area contributed by atoms with Gasteiger partial charge >= 0.3 is 5.97 Å². The van der Waals surface area contributed by atoms with Gasteiger partial charge in [-0.15, -0.1) is 0 Å². The van der Waals surface area contributed by atoms with Crippen molar-refractivity contribution in [2.24, 2.45) is 0 Å². The number of esters is 1. The number of carbonyl (C=O) groups excluding carboxylic acids is 1. The highest BCUT2D eigenvalue weighted by molar-refractivity contribution is 5.79. The Morgan fingerprint density at radius 2 is 2.26 bits per heavy atom. The first-order valence-electron chi connectivity index (χ1n) is 6.07. The Bertz CT molecular complexity index is 604. The second kappa shape index (κ2) is 4.97. The molecule has 2 rings (SSSR count). The molecule has 1 N–H and O–H groups in total. The van der Waals surface area contributed by atoms with E-state index in [0.717, 1.165) is 16.9 Å². The van der Waals surface area contributed by atoms with Crippen LogP contribution in [0.1, 0.15) is 25.1 Å². The number of aryl methyl sites for hydroxylation is 1. The Morgan fingerprint density at radius 3 is 2.95 bits per heavy atom. The highest BCUT2D eigenvalue weighted by atomic mass is 16.5. The van der Waals surface area contributed by atoms with Crippen LogP contribution in [0.15, 0.2) is 18.5 Å². The quantitative estimate of drug-likeness (QED) is 0.835. The van der Waals surface area contributed by atoms with Crippen LogP contribution < -0.4 is 5.32 Å². The van der Waals surface area contributed by atoms with Gasteiger partial charge in [0, 0.05) is 30.6 Å². The fraction of sp³-hybridized carbons (Fsp3) is 0.462. The Hall–Kier alpha value is -1.95. The first-order valence-corrected chi connectivity index (χ1v) is 6.07. The molecule has 0 aliphatic rings. The summed E-state index contributed by atoms with van der Waals surface area (Å²) in [5.41, 5.74) is 1.96. The molecule has 2 heterocycles. The third-order valence-electron chi connectivity index (χ3n) is 2.92. The molecule has 0 aliphatic carbocycles. The zero-order chi connectivity index (χ0) is 14.0. The molecule has 6 nitrogen and oxygen atoms in total. The number of fused-ring (bicyclic) bond motifs is 1. The van der Waals surface area contributed by atoms with Gasteiger partial charge in [-0.3, -0.25) is 10.1 Å². The van der Waals surface area contributed by atoms with Crippen LogP contribution in [0.4, 0.5) is 0 Å². The molecule has 0 unspecified atom stereocenters. The number of rotatable bonds is 4. The Balaban J connectivity index is 2.11. The van der Waals surface area contributed by atoms with E-state index in [-0.39, 0.29) is 5.97 Å². The van der Waals surface area contributed by atoms with Crippen molar-refractivity contribution in [2.45, 2.75) is 32.9 Å². The Morgan fingerprint density at radius 1 is 1.53 bits per heavy atom. The maximum Gasteiger partial charge on any atom is 0.325 e. The summed E-state index contributed by atoms with van der Waals surface area (Å²) in [5, 5.41) is 7.45. The number of nitrogens with one attached hydrogen (secondary N) is 1. The van der Waals surface area contributed by atoms with E-state index < -0.39 is 5.54 Å². The van der Waals surface area contributed by atoms with Crippen molar-refractivity contribution in [1.82, 2.24) is 19.9 Å². The molecule has 6 heteroatoms. The number of nitrogens with zero attached hydrogens (tertiary/aromatic N) is 3. The van der Waals surface area contributed by atoms with Crippen LogP contribution in [0.3, 0.4) is 0 Å². The first-order chi connectivity index (χ1) is 8.92. The van der Waals surface area contributed by atoms with Crippen molar-refractivity contribution in [3.8, 4) is 0 Å². The van der Waals surface area contributed by atoms with Gasteiger partial charge in [0.05, 0.1) is 12.8 Å². The van der Waals surface area contributed by atoms with E-state index in [1.807, 2.05) is 19.2 Å². The lowest BCUT2D eigenvalue weighted by atomic mass is 10.1. The first kappa shape index (κ1) is 13.5. The minimum Gasteiger partial charge on any atom is -0.468 e. The average molecular weight is 262 g/mol. The second-order valence-corrected chi connectivity index (χ2v) is 5.02. The summed E-state index contributed by atoms with van der Waals surface area (Å²) >= 11 is 0. The Labute approximate surface area is 111 Å². The van der Waals surface area contributed by atoms with Gasteiger partial charge in [0.1, 0.15) is 5.54 Å². The molecular formula is C13H18N4O2. The highest BCUT2D eigenvalue weighted by Gasteiger charge is 2.27. The third-order valence-corrected chi connectivity index (χ3v) is 2.92. The molecule has 0 saturated heterocycles. The molecule has 0 radical (unpaired) electrons. The molecule has 19 heavy (non-hydrogen) atoms. The van der Waals surface area contributed by atoms with Gasteiger partial charge in [-0.1, -0.05) is 0 Å². The van der Waals surface area contributed by atoms with E-state index in [0.29, 0.717) is 6.54 Å². The molecule has 0 aliphatic heterocycles. The van der Waals surface area contributed by atoms with Gasteiger partial charge in [0.2, 0.25) is 0 Å². The SMILES string of the molecule is COC(=O)C(C)(C)NCc1cnc2cc(C)nn2c1. The van der Waals surface area contributed by atoms with Crippen LogP contribution in [-0.2, 0) is 16.1 Å². The fourth-order valence-electron chi connectivity index (χ4n) is 1.78. The lowest BCUT2D eigenvalue weighted by Gasteiger charge is -2.23. The molecule has 0 amide bonds. The third kappa shape index (κ3) is 2.90. The molecule has 0 atom stereocenters. The number of hydrogen-bond acceptors (Lipinski definition) is 5. The highest BCUT2D eigenvalue weighted by Crippen LogP contribution is 2.08. The number of hydrogen-bond donors (Lipinski definition) is 1. The van der Waals surface area contributed by atoms with E-state index in [4.69, 9.17) is 4.74 Å². The summed E-state index contributed by atoms with van der Waals surface area (Å²) in [5.74, 6) is -0.295. The van der Waals surface area contributed by atoms with Crippen molar-refractivity contribution < 1.29 is 9.53 Å². The van der Waals surface area contributed by atoms with E-state index in [1.54, 1.807) is 24.6 Å². The minimum absolute atomic E-state index is 0.295. The topological polar surface area (TPSA) is 68.5 Å². The van der Waals surface area contributed by atoms with E-state index in [1.165, 1.54) is 7.11 Å². The van der Waals surface area contributed by atoms with Gasteiger partial charge < -0.3 is 4.74 Å². The van der Waals surface area contributed by atoms with Gasteiger partial charge in [0.15, 0.2) is 5.65 Å². The van der Waals surface area contributed by atoms with E-state index >= 15 is 0 Å². The number of methoxy groups -OCH3 is 1. The van der Waals surface area contributed by atoms with Crippen LogP contribution in [0.5, 0.6) is 0 Å². The van der Waals surface area contributed by atoms with Crippen LogP contribution in [-0.4, -0.2) is 33.2 Å². The van der Waals surface area contributed by atoms with E-state index in [2.05, 4.69) is 15.4 Å². The van der Waals surface area contributed by atoms with Crippen molar-refractivity contribution >= 4 is 11.6 Å². The van der Waals surface area contributed by atoms with E-state index in [9.17, 15) is 4.79 Å². The normalized spacial score (nSPS) is 11.8. The zero-order valence-corrected chi connectivity index (χ0v) is 11.6. The lowest BCUT2D eigenvalue weighted by molar-refractivity contribution is -0.147. The molecule has 0 spiro atoms. The Kier molecular flexibility index (Phi) is 3.53. The molecule has 0 aromatic carbocycles. The van der Waals surface area contributed by atoms with Gasteiger partial charge in [0.25, 0.3) is 0 Å². The molecule has 102 valence electrons. The standard InChI is InChI=1S/C13H18N4O2/c1-9-5-11-14-6-10(8-17(11)16-9)7-15-13(2,3)12(18)19-4/h5-6,8,15H,7H2,1-4H3. The lowest BCUT2D eigenvalue weighted by Crippen LogP contribution is -2.47. The van der Waals surface area contributed by atoms with Crippen LogP contribution in [0.25, 0.3) is 5.65 Å². The summed E-state index contributed by atoms with van der Waals surface area (Å²) in [7, 11) is 1.38. The molecule has 0 bridgehead atoms. The zero-order valence-electron chi connectivity index (χ0n) is 11.6. The predicted molar refractivity (Wildman–Crippen MR) is 70.7 cm³/mol. The van der Waals surface area contributed by atoms with Crippen molar-refractivity contribution in [3.63, 3.8) is 0 Å². The second-order valence-electron chi connectivity index (χ2n) is 5.02. The fourth-order valence-corrected chi connectivity index (χ4v) is 1.78. The largest absolute Gasteiger partial charge is 0.468 e. The number of carbonyl (C=O) groups is 1. The van der Waals surface area contributed by atoms with Gasteiger partial charge in [-0.05, 0) is 20.8 Å². The average Bonchev–Trinajstić information content (AvgIpc) is 2.74. The van der Waals surface area contributed by atoms with Crippen LogP contribution in [0.2, 0.25) is 0 Å². The van der Waals surface area contributed by atoms with Crippen LogP contribution in [0, 0.1) is 6.92 Å².